The van der Waals surface area contributed by atoms with Crippen molar-refractivity contribution in [3.63, 3.8) is 0 Å². The molecule has 1 aromatic carbocycles. The van der Waals surface area contributed by atoms with Crippen molar-refractivity contribution in [2.75, 3.05) is 18.1 Å². The minimum atomic E-state index is 0.667. The smallest absolute Gasteiger partial charge is 0.0158 e. The molecule has 2 unspecified atom stereocenters. The van der Waals surface area contributed by atoms with Crippen LogP contribution >= 0.6 is 11.8 Å². The van der Waals surface area contributed by atoms with Gasteiger partial charge in [0, 0.05) is 11.8 Å². The molecule has 1 heterocycles. The maximum Gasteiger partial charge on any atom is 0.0158 e. The van der Waals surface area contributed by atoms with Crippen molar-refractivity contribution in [3.05, 3.63) is 35.9 Å². The molecule has 1 aliphatic rings. The Morgan fingerprint density at radius 1 is 1.35 bits per heavy atom. The van der Waals surface area contributed by atoms with E-state index in [4.69, 9.17) is 0 Å². The Kier molecular flexibility index (Phi) is 5.40. The summed E-state index contributed by atoms with van der Waals surface area (Å²) in [6, 6.07) is 11.6. The topological polar surface area (TPSA) is 12.0 Å². The Labute approximate surface area is 109 Å². The summed E-state index contributed by atoms with van der Waals surface area (Å²) in [5.74, 6) is 3.33. The molecule has 0 bridgehead atoms. The molecule has 0 amide bonds. The van der Waals surface area contributed by atoms with E-state index in [1.807, 2.05) is 0 Å². The van der Waals surface area contributed by atoms with Crippen molar-refractivity contribution in [3.8, 4) is 0 Å². The first-order valence-corrected chi connectivity index (χ1v) is 7.88. The monoisotopic (exact) mass is 249 g/mol. The lowest BCUT2D eigenvalue weighted by atomic mass is 9.98. The van der Waals surface area contributed by atoms with Crippen LogP contribution in [0.5, 0.6) is 0 Å². The molecule has 0 aliphatic carbocycles. The second-order valence-electron chi connectivity index (χ2n) is 4.97. The van der Waals surface area contributed by atoms with E-state index in [-0.39, 0.29) is 0 Å². The minimum absolute atomic E-state index is 0.667. The molecule has 0 radical (unpaired) electrons. The van der Waals surface area contributed by atoms with E-state index < -0.39 is 0 Å². The highest BCUT2D eigenvalue weighted by atomic mass is 32.2. The lowest BCUT2D eigenvalue weighted by Crippen LogP contribution is -2.34. The molecule has 94 valence electrons. The molecule has 1 N–H and O–H groups in total. The first kappa shape index (κ1) is 13.0. The molecule has 2 atom stereocenters. The molecule has 2 heteroatoms. The Bertz CT molecular complexity index is 306. The standard InChI is InChI=1S/C15H23NS/c1-13(14-6-3-2-4-7-14)9-10-16-15-8-5-11-17-12-15/h2-4,6-7,13,15-16H,5,8-12H2,1H3. The largest absolute Gasteiger partial charge is 0.313 e. The van der Waals surface area contributed by atoms with E-state index in [0.717, 1.165) is 12.6 Å². The van der Waals surface area contributed by atoms with Gasteiger partial charge < -0.3 is 5.32 Å². The maximum absolute atomic E-state index is 3.70. The highest BCUT2D eigenvalue weighted by Gasteiger charge is 2.13. The van der Waals surface area contributed by atoms with Gasteiger partial charge in [0.15, 0.2) is 0 Å². The number of nitrogens with one attached hydrogen (secondary N) is 1. The maximum atomic E-state index is 3.70. The van der Waals surface area contributed by atoms with Crippen LogP contribution in [0, 0.1) is 0 Å². The van der Waals surface area contributed by atoms with Gasteiger partial charge >= 0.3 is 0 Å². The Balaban J connectivity index is 1.67. The molecule has 1 aromatic rings. The molecule has 1 nitrogen and oxygen atoms in total. The summed E-state index contributed by atoms with van der Waals surface area (Å²) in [7, 11) is 0. The predicted octanol–water partition coefficient (Wildman–Crippen LogP) is 3.67. The van der Waals surface area contributed by atoms with Gasteiger partial charge in [-0.25, -0.2) is 0 Å². The number of thioether (sulfide) groups is 1. The zero-order valence-corrected chi connectivity index (χ0v) is 11.5. The van der Waals surface area contributed by atoms with E-state index in [2.05, 4.69) is 54.3 Å². The fraction of sp³-hybridized carbons (Fsp3) is 0.600. The zero-order valence-electron chi connectivity index (χ0n) is 10.7. The van der Waals surface area contributed by atoms with E-state index >= 15 is 0 Å². The van der Waals surface area contributed by atoms with Crippen molar-refractivity contribution in [2.24, 2.45) is 0 Å². The van der Waals surface area contributed by atoms with Crippen LogP contribution in [-0.2, 0) is 0 Å². The first-order chi connectivity index (χ1) is 8.36. The summed E-state index contributed by atoms with van der Waals surface area (Å²) in [6.45, 7) is 3.48. The SMILES string of the molecule is CC(CCNC1CCCSC1)c1ccccc1. The quantitative estimate of drug-likeness (QED) is 0.854. The fourth-order valence-electron chi connectivity index (χ4n) is 2.35. The molecular formula is C15H23NS. The predicted molar refractivity (Wildman–Crippen MR) is 77.8 cm³/mol. The van der Waals surface area contributed by atoms with Crippen LogP contribution in [0.15, 0.2) is 30.3 Å². The molecule has 1 fully saturated rings. The zero-order chi connectivity index (χ0) is 11.9. The van der Waals surface area contributed by atoms with Crippen molar-refractivity contribution in [1.29, 1.82) is 0 Å². The second kappa shape index (κ2) is 7.07. The Morgan fingerprint density at radius 2 is 2.18 bits per heavy atom. The summed E-state index contributed by atoms with van der Waals surface area (Å²) in [4.78, 5) is 0. The molecule has 0 saturated carbocycles. The number of hydrogen-bond acceptors (Lipinski definition) is 2. The van der Waals surface area contributed by atoms with Gasteiger partial charge in [0.1, 0.15) is 0 Å². The van der Waals surface area contributed by atoms with Gasteiger partial charge in [-0.05, 0) is 43.0 Å². The second-order valence-corrected chi connectivity index (χ2v) is 6.12. The molecule has 1 saturated heterocycles. The van der Waals surface area contributed by atoms with E-state index in [1.165, 1.54) is 36.3 Å². The number of benzene rings is 1. The van der Waals surface area contributed by atoms with Crippen molar-refractivity contribution in [2.45, 2.75) is 38.1 Å². The highest BCUT2D eigenvalue weighted by Crippen LogP contribution is 2.19. The third-order valence-corrected chi connectivity index (χ3v) is 4.75. The molecule has 0 spiro atoms. The summed E-state index contributed by atoms with van der Waals surface area (Å²) in [5, 5.41) is 3.70. The first-order valence-electron chi connectivity index (χ1n) is 6.72. The van der Waals surface area contributed by atoms with Crippen molar-refractivity contribution < 1.29 is 0 Å². The summed E-state index contributed by atoms with van der Waals surface area (Å²) in [5.41, 5.74) is 1.47. The van der Waals surface area contributed by atoms with Gasteiger partial charge in [0.2, 0.25) is 0 Å². The van der Waals surface area contributed by atoms with E-state index in [1.54, 1.807) is 0 Å². The molecule has 0 aromatic heterocycles. The van der Waals surface area contributed by atoms with Gasteiger partial charge in [-0.15, -0.1) is 0 Å². The lowest BCUT2D eigenvalue weighted by molar-refractivity contribution is 0.486. The summed E-state index contributed by atoms with van der Waals surface area (Å²) < 4.78 is 0. The Hall–Kier alpha value is -0.470. The van der Waals surface area contributed by atoms with Gasteiger partial charge in [-0.3, -0.25) is 0 Å². The highest BCUT2D eigenvalue weighted by molar-refractivity contribution is 7.99. The van der Waals surface area contributed by atoms with E-state index in [9.17, 15) is 0 Å². The minimum Gasteiger partial charge on any atom is -0.313 e. The van der Waals surface area contributed by atoms with Gasteiger partial charge in [0.25, 0.3) is 0 Å². The van der Waals surface area contributed by atoms with Gasteiger partial charge in [0.05, 0.1) is 0 Å². The molecule has 17 heavy (non-hydrogen) atoms. The van der Waals surface area contributed by atoms with Crippen LogP contribution < -0.4 is 5.32 Å². The van der Waals surface area contributed by atoms with Crippen molar-refractivity contribution in [1.82, 2.24) is 5.32 Å². The lowest BCUT2D eigenvalue weighted by Gasteiger charge is -2.23. The van der Waals surface area contributed by atoms with Crippen LogP contribution in [0.3, 0.4) is 0 Å². The van der Waals surface area contributed by atoms with Crippen LogP contribution in [0.1, 0.15) is 37.7 Å². The average Bonchev–Trinajstić information content (AvgIpc) is 2.41. The molecular weight excluding hydrogens is 226 g/mol. The number of hydrogen-bond donors (Lipinski definition) is 1. The van der Waals surface area contributed by atoms with Crippen LogP contribution in [0.2, 0.25) is 0 Å². The van der Waals surface area contributed by atoms with Crippen LogP contribution in [-0.4, -0.2) is 24.1 Å². The molecule has 1 aliphatic heterocycles. The summed E-state index contributed by atoms with van der Waals surface area (Å²) in [6.07, 6.45) is 3.99. The fourth-order valence-corrected chi connectivity index (χ4v) is 3.46. The summed E-state index contributed by atoms with van der Waals surface area (Å²) >= 11 is 2.10. The Morgan fingerprint density at radius 3 is 2.88 bits per heavy atom. The molecule has 2 rings (SSSR count). The van der Waals surface area contributed by atoms with Crippen LogP contribution in [0.25, 0.3) is 0 Å². The normalized spacial score (nSPS) is 22.3. The van der Waals surface area contributed by atoms with Crippen LogP contribution in [0.4, 0.5) is 0 Å². The van der Waals surface area contributed by atoms with Crippen molar-refractivity contribution >= 4 is 11.8 Å². The third-order valence-electron chi connectivity index (χ3n) is 3.54. The average molecular weight is 249 g/mol. The van der Waals surface area contributed by atoms with Gasteiger partial charge in [-0.2, -0.15) is 11.8 Å². The van der Waals surface area contributed by atoms with Gasteiger partial charge in [-0.1, -0.05) is 37.3 Å². The van der Waals surface area contributed by atoms with E-state index in [0.29, 0.717) is 5.92 Å². The number of rotatable bonds is 5. The third kappa shape index (κ3) is 4.36.